The van der Waals surface area contributed by atoms with Gasteiger partial charge in [-0.15, -0.1) is 10.2 Å². The van der Waals surface area contributed by atoms with E-state index in [1.807, 2.05) is 24.3 Å². The number of aromatic nitrogens is 2. The zero-order valence-electron chi connectivity index (χ0n) is 14.2. The van der Waals surface area contributed by atoms with Gasteiger partial charge in [0, 0.05) is 16.3 Å². The lowest BCUT2D eigenvalue weighted by Crippen LogP contribution is -2.39. The maximum atomic E-state index is 12.4. The highest BCUT2D eigenvalue weighted by Crippen LogP contribution is 2.40. The van der Waals surface area contributed by atoms with E-state index in [9.17, 15) is 9.59 Å². The Labute approximate surface area is 159 Å². The van der Waals surface area contributed by atoms with E-state index in [2.05, 4.69) is 26.1 Å². The highest BCUT2D eigenvalue weighted by molar-refractivity contribution is 9.10. The minimum atomic E-state index is -0.268. The van der Waals surface area contributed by atoms with Gasteiger partial charge in [0.15, 0.2) is 6.61 Å². The predicted molar refractivity (Wildman–Crippen MR) is 95.8 cm³/mol. The number of carbonyl (C=O) groups is 2. The molecule has 1 heterocycles. The standard InChI is InChI=1S/C19H19BrN2O4/c20-15-7-2-1-6-14(15)18-22-21-16(26-18)10-25-19(24)13-8-11-4-3-5-12(9-13)17(11)23/h1-2,6-7,11-13H,3-5,8-10H2/t11-,12-/m1/s1. The van der Waals surface area contributed by atoms with Crippen molar-refractivity contribution in [3.8, 4) is 11.5 Å². The highest BCUT2D eigenvalue weighted by Gasteiger charge is 2.41. The maximum Gasteiger partial charge on any atom is 0.309 e. The quantitative estimate of drug-likeness (QED) is 0.699. The number of ether oxygens (including phenoxy) is 1. The van der Waals surface area contributed by atoms with Gasteiger partial charge in [-0.3, -0.25) is 9.59 Å². The molecule has 0 saturated heterocycles. The van der Waals surface area contributed by atoms with Crippen molar-refractivity contribution in [3.63, 3.8) is 0 Å². The van der Waals surface area contributed by atoms with Gasteiger partial charge >= 0.3 is 5.97 Å². The van der Waals surface area contributed by atoms with Gasteiger partial charge in [-0.25, -0.2) is 0 Å². The van der Waals surface area contributed by atoms with E-state index < -0.39 is 0 Å². The van der Waals surface area contributed by atoms with E-state index in [4.69, 9.17) is 9.15 Å². The molecule has 0 amide bonds. The zero-order valence-corrected chi connectivity index (χ0v) is 15.8. The molecule has 0 N–H and O–H groups in total. The van der Waals surface area contributed by atoms with Crippen LogP contribution in [0.2, 0.25) is 0 Å². The van der Waals surface area contributed by atoms with Crippen molar-refractivity contribution in [2.24, 2.45) is 17.8 Å². The van der Waals surface area contributed by atoms with E-state index >= 15 is 0 Å². The number of ketones is 1. The molecule has 2 bridgehead atoms. The maximum absolute atomic E-state index is 12.4. The molecule has 1 aromatic heterocycles. The van der Waals surface area contributed by atoms with Gasteiger partial charge in [0.05, 0.1) is 11.5 Å². The van der Waals surface area contributed by atoms with Crippen LogP contribution >= 0.6 is 15.9 Å². The molecule has 7 heteroatoms. The van der Waals surface area contributed by atoms with E-state index in [0.717, 1.165) is 29.3 Å². The van der Waals surface area contributed by atoms with Crippen molar-refractivity contribution in [1.82, 2.24) is 10.2 Å². The summed E-state index contributed by atoms with van der Waals surface area (Å²) in [5.41, 5.74) is 0.788. The third kappa shape index (κ3) is 3.45. The lowest BCUT2D eigenvalue weighted by atomic mass is 9.67. The van der Waals surface area contributed by atoms with Crippen LogP contribution in [-0.2, 0) is 20.9 Å². The van der Waals surface area contributed by atoms with Crippen LogP contribution in [0, 0.1) is 17.8 Å². The van der Waals surface area contributed by atoms with Gasteiger partial charge in [-0.2, -0.15) is 0 Å². The average molecular weight is 419 g/mol. The first-order valence-corrected chi connectivity index (χ1v) is 9.68. The molecule has 0 radical (unpaired) electrons. The molecule has 0 spiro atoms. The molecule has 0 aliphatic heterocycles. The Morgan fingerprint density at radius 3 is 2.65 bits per heavy atom. The Kier molecular flexibility index (Phi) is 4.89. The van der Waals surface area contributed by atoms with E-state index in [-0.39, 0.29) is 36.2 Å². The molecule has 6 nitrogen and oxygen atoms in total. The van der Waals surface area contributed by atoms with Crippen LogP contribution in [0.4, 0.5) is 0 Å². The first kappa shape index (κ1) is 17.4. The number of rotatable bonds is 4. The molecule has 136 valence electrons. The van der Waals surface area contributed by atoms with Crippen molar-refractivity contribution in [1.29, 1.82) is 0 Å². The molecule has 2 saturated carbocycles. The third-order valence-electron chi connectivity index (χ3n) is 5.29. The number of carbonyl (C=O) groups excluding carboxylic acids is 2. The Balaban J connectivity index is 1.37. The Morgan fingerprint density at radius 2 is 1.92 bits per heavy atom. The summed E-state index contributed by atoms with van der Waals surface area (Å²) in [4.78, 5) is 24.5. The third-order valence-corrected chi connectivity index (χ3v) is 5.98. The number of fused-ring (bicyclic) bond motifs is 2. The van der Waals surface area contributed by atoms with Crippen molar-refractivity contribution in [2.45, 2.75) is 38.7 Å². The van der Waals surface area contributed by atoms with Gasteiger partial charge in [0.1, 0.15) is 5.78 Å². The lowest BCUT2D eigenvalue weighted by Gasteiger charge is -2.36. The summed E-state index contributed by atoms with van der Waals surface area (Å²) in [6.45, 7) is -0.0456. The van der Waals surface area contributed by atoms with Crippen LogP contribution in [0.25, 0.3) is 11.5 Å². The molecule has 0 unspecified atom stereocenters. The van der Waals surface area contributed by atoms with Crippen LogP contribution < -0.4 is 0 Å². The Hall–Kier alpha value is -2.02. The summed E-state index contributed by atoms with van der Waals surface area (Å²) in [7, 11) is 0. The van der Waals surface area contributed by atoms with Gasteiger partial charge in [-0.1, -0.05) is 18.6 Å². The Morgan fingerprint density at radius 1 is 1.19 bits per heavy atom. The minimum absolute atomic E-state index is 0.0329. The summed E-state index contributed by atoms with van der Waals surface area (Å²) in [6, 6.07) is 7.54. The van der Waals surface area contributed by atoms with Crippen LogP contribution in [0.1, 0.15) is 38.0 Å². The first-order chi connectivity index (χ1) is 12.6. The number of nitrogens with zero attached hydrogens (tertiary/aromatic N) is 2. The SMILES string of the molecule is O=C(OCc1nnc(-c2ccccc2Br)o1)C1C[C@H]2CCC[C@H](C1)C2=O. The van der Waals surface area contributed by atoms with Gasteiger partial charge in [0.2, 0.25) is 5.89 Å². The van der Waals surface area contributed by atoms with E-state index in [1.54, 1.807) is 0 Å². The number of esters is 1. The fourth-order valence-electron chi connectivity index (χ4n) is 3.98. The first-order valence-electron chi connectivity index (χ1n) is 8.89. The number of hydrogen-bond donors (Lipinski definition) is 0. The second kappa shape index (κ2) is 7.31. The monoisotopic (exact) mass is 418 g/mol. The second-order valence-corrected chi connectivity index (χ2v) is 7.84. The molecule has 2 fully saturated rings. The summed E-state index contributed by atoms with van der Waals surface area (Å²) in [5, 5.41) is 7.96. The number of hydrogen-bond acceptors (Lipinski definition) is 6. The predicted octanol–water partition coefficient (Wildman–Crippen LogP) is 3.94. The average Bonchev–Trinajstić information content (AvgIpc) is 3.08. The van der Waals surface area contributed by atoms with Gasteiger partial charge in [-0.05, 0) is 53.7 Å². The number of halogens is 1. The van der Waals surface area contributed by atoms with Crippen molar-refractivity contribution < 1.29 is 18.7 Å². The summed E-state index contributed by atoms with van der Waals surface area (Å²) in [5.74, 6) is 0.576. The number of benzene rings is 1. The molecule has 2 atom stereocenters. The van der Waals surface area contributed by atoms with Crippen molar-refractivity contribution in [2.75, 3.05) is 0 Å². The fraction of sp³-hybridized carbons (Fsp3) is 0.474. The van der Waals surface area contributed by atoms with Crippen LogP contribution in [-0.4, -0.2) is 21.9 Å². The fourth-order valence-corrected chi connectivity index (χ4v) is 4.43. The molecule has 4 rings (SSSR count). The highest BCUT2D eigenvalue weighted by atomic mass is 79.9. The lowest BCUT2D eigenvalue weighted by molar-refractivity contribution is -0.155. The van der Waals surface area contributed by atoms with Crippen molar-refractivity contribution in [3.05, 3.63) is 34.6 Å². The van der Waals surface area contributed by atoms with Crippen molar-refractivity contribution >= 4 is 27.7 Å². The zero-order chi connectivity index (χ0) is 18.1. The summed E-state index contributed by atoms with van der Waals surface area (Å²) < 4.78 is 11.8. The van der Waals surface area contributed by atoms with Crippen LogP contribution in [0.3, 0.4) is 0 Å². The molecular weight excluding hydrogens is 400 g/mol. The van der Waals surface area contributed by atoms with Crippen LogP contribution in [0.15, 0.2) is 33.2 Å². The molecule has 1 aromatic carbocycles. The largest absolute Gasteiger partial charge is 0.455 e. The Bertz CT molecular complexity index is 818. The number of Topliss-reactive ketones (excluding diaryl/α,β-unsaturated/α-hetero) is 1. The smallest absolute Gasteiger partial charge is 0.309 e. The van der Waals surface area contributed by atoms with Crippen LogP contribution in [0.5, 0.6) is 0 Å². The second-order valence-electron chi connectivity index (χ2n) is 6.98. The molecule has 2 aliphatic carbocycles. The van der Waals surface area contributed by atoms with Gasteiger partial charge < -0.3 is 9.15 Å². The van der Waals surface area contributed by atoms with E-state index in [1.165, 1.54) is 0 Å². The molecule has 2 aliphatic rings. The van der Waals surface area contributed by atoms with Gasteiger partial charge in [0.25, 0.3) is 5.89 Å². The normalized spacial score (nSPS) is 25.1. The molecule has 26 heavy (non-hydrogen) atoms. The topological polar surface area (TPSA) is 82.3 Å². The van der Waals surface area contributed by atoms with E-state index in [0.29, 0.717) is 24.5 Å². The summed E-state index contributed by atoms with van der Waals surface area (Å²) >= 11 is 3.44. The molecule has 2 aromatic rings. The summed E-state index contributed by atoms with van der Waals surface area (Å²) in [6.07, 6.45) is 4.11. The minimum Gasteiger partial charge on any atom is -0.455 e. The molecular formula is C19H19BrN2O4.